The van der Waals surface area contributed by atoms with Gasteiger partial charge in [-0.1, -0.05) is 71.8 Å². The second-order valence-electron chi connectivity index (χ2n) is 23.3. The molecule has 0 nitrogen and oxygen atoms in total. The topological polar surface area (TPSA) is 0 Å². The molecule has 0 aliphatic rings. The summed E-state index contributed by atoms with van der Waals surface area (Å²) in [4.78, 5) is 0. The van der Waals surface area contributed by atoms with Gasteiger partial charge in [0.05, 0.1) is 11.1 Å². The smallest absolute Gasteiger partial charge is 0.207 e. The molecule has 8 aromatic carbocycles. The van der Waals surface area contributed by atoms with Crippen LogP contribution in [-0.2, 0) is 12.4 Å². The quantitative estimate of drug-likeness (QED) is 0.133. The highest BCUT2D eigenvalue weighted by atomic mass is 35.5. The van der Waals surface area contributed by atoms with Gasteiger partial charge in [-0.05, 0) is 317 Å². The van der Waals surface area contributed by atoms with Gasteiger partial charge >= 0.3 is 12.4 Å². The molecule has 16 rings (SSSR count). The fourth-order valence-electron chi connectivity index (χ4n) is 10.7. The lowest BCUT2D eigenvalue weighted by molar-refractivity contribution is -0.137. The summed E-state index contributed by atoms with van der Waals surface area (Å²) in [5, 5.41) is 26.5. The summed E-state index contributed by atoms with van der Waals surface area (Å²) in [5.74, 6) is -0.154. The first-order chi connectivity index (χ1) is 45.1. The van der Waals surface area contributed by atoms with Crippen LogP contribution in [0.4, 0.5) is 30.7 Å². The van der Waals surface area contributed by atoms with Gasteiger partial charge in [-0.15, -0.1) is 90.7 Å². The second-order valence-corrected chi connectivity index (χ2v) is 31.0. The average molecular weight is 1440 g/mol. The molecule has 0 atom stereocenters. The maximum atomic E-state index is 12.7. The zero-order chi connectivity index (χ0) is 68.6. The summed E-state index contributed by atoms with van der Waals surface area (Å²) >= 11 is 19.5. The summed E-state index contributed by atoms with van der Waals surface area (Å²) in [6, 6.07) is 43.2. The van der Waals surface area contributed by atoms with Crippen LogP contribution in [0.25, 0.3) is 80.7 Å². The predicted octanol–water partition coefficient (Wildman–Crippen LogP) is 30.0. The number of hydrogen-bond acceptors (Lipinski definition) is 8. The number of halogens is 8. The molecule has 0 bridgehead atoms. The lowest BCUT2D eigenvalue weighted by atomic mass is 10.0. The number of fused-ring (bicyclic) bond motifs is 8. The number of benzene rings is 8. The predicted molar refractivity (Wildman–Crippen MR) is 411 cm³/mol. The fourth-order valence-corrected chi connectivity index (χ4v) is 18.9. The van der Waals surface area contributed by atoms with Crippen LogP contribution < -0.4 is 0 Å². The molecule has 490 valence electrons. The average Bonchev–Trinajstić information content (AvgIpc) is 1.87. The minimum atomic E-state index is -4.26. The van der Waals surface area contributed by atoms with Gasteiger partial charge in [0.1, 0.15) is 5.82 Å². The number of thiophene rings is 8. The molecule has 0 amide bonds. The molecular weight excluding hydrogens is 1370 g/mol. The first kappa shape index (κ1) is 72.5. The summed E-state index contributed by atoms with van der Waals surface area (Å²) in [7, 11) is 0. The first-order valence-corrected chi connectivity index (χ1v) is 37.6. The van der Waals surface area contributed by atoms with Gasteiger partial charge in [0.25, 0.3) is 0 Å². The van der Waals surface area contributed by atoms with Crippen LogP contribution in [0.5, 0.6) is 0 Å². The fraction of sp³-hybridized carbons (Fsp3) is 0.190. The lowest BCUT2D eigenvalue weighted by Gasteiger charge is -2.08. The molecule has 0 saturated heterocycles. The van der Waals surface area contributed by atoms with Crippen molar-refractivity contribution in [2.45, 2.75) is 102 Å². The van der Waals surface area contributed by atoms with Crippen LogP contribution in [0, 0.1) is 95.8 Å². The summed E-state index contributed by atoms with van der Waals surface area (Å²) in [6.45, 7) is 27.1. The first-order valence-electron chi connectivity index (χ1n) is 30.2. The molecule has 16 heteroatoms. The van der Waals surface area contributed by atoms with E-state index in [0.717, 1.165) is 43.1 Å². The van der Waals surface area contributed by atoms with Crippen molar-refractivity contribution in [2.24, 2.45) is 0 Å². The van der Waals surface area contributed by atoms with Crippen LogP contribution in [0.2, 0.25) is 5.02 Å². The van der Waals surface area contributed by atoms with E-state index in [4.69, 9.17) is 11.6 Å². The van der Waals surface area contributed by atoms with Crippen molar-refractivity contribution in [3.8, 4) is 0 Å². The number of rotatable bonds is 0. The van der Waals surface area contributed by atoms with Crippen LogP contribution in [0.3, 0.4) is 0 Å². The Hall–Kier alpha value is -6.76. The molecule has 0 aliphatic heterocycles. The largest absolute Gasteiger partial charge is 0.417 e. The van der Waals surface area contributed by atoms with Crippen molar-refractivity contribution in [3.63, 3.8) is 0 Å². The Bertz CT molecular complexity index is 5110. The second kappa shape index (κ2) is 31.6. The molecule has 8 aromatic heterocycles. The highest BCUT2D eigenvalue weighted by Crippen LogP contribution is 2.40. The van der Waals surface area contributed by atoms with E-state index in [1.165, 1.54) is 153 Å². The van der Waals surface area contributed by atoms with Crippen molar-refractivity contribution in [3.05, 3.63) is 277 Å². The number of aryl methyl sites for hydroxylation is 13. The summed E-state index contributed by atoms with van der Waals surface area (Å²) in [6.07, 6.45) is -8.51. The lowest BCUT2D eigenvalue weighted by Crippen LogP contribution is -2.05. The van der Waals surface area contributed by atoms with E-state index in [1.807, 2.05) is 88.2 Å². The molecule has 0 N–H and O–H groups in total. The minimum Gasteiger partial charge on any atom is -0.207 e. The molecule has 0 fully saturated rings. The van der Waals surface area contributed by atoms with E-state index in [1.54, 1.807) is 47.1 Å². The standard InChI is InChI=1S/C11H12S.2C10H7F3S.3C10H10S.C9H7ClS.C9H7FS/c1-7-4-5-10-11(9(7)3)8(2)6-12-10;1-6-5-14-9-3-2-7(4-8(6)9)10(11,12)13;1-6-5-14-8-4-2-3-7(9(6)8)10(11,12)13;1-7-3-4-10-9(5-7)8(2)6-11-10;1-7-3-4-9-8(2)6-11-10(9)5-7;1-7-4-3-5-9-10(7)8(2)6-11-9;1-6-5-11-8-4-2-3-7(10)9(6)8;1-6-5-11-9-3-2-7(10)4-8(6)9/h4-6H,1-3H3;2*2-5H,1H3;3*3-6H,1-2H3;2*2-5H,1H3. The highest BCUT2D eigenvalue weighted by molar-refractivity contribution is 7.19. The monoisotopic (exact) mass is 1440 g/mol. The van der Waals surface area contributed by atoms with Gasteiger partial charge in [0.15, 0.2) is 0 Å². The SMILES string of the molecule is Cc1ccc2c(C)csc2c1.Cc1ccc2scc(C)c2c1.Cc1ccc2scc(C)c2c1C.Cc1cccc2scc(C)c12.Cc1csc2ccc(C(F)(F)F)cc12.Cc1csc2ccc(F)cc12.Cc1csc2cccc(C(F)(F)F)c12.Cc1csc2cccc(Cl)c12. The Labute approximate surface area is 587 Å². The van der Waals surface area contributed by atoms with Crippen molar-refractivity contribution >= 4 is 183 Å². The number of alkyl halides is 6. The Balaban J connectivity index is 0.000000128. The maximum Gasteiger partial charge on any atom is 0.417 e. The third-order valence-corrected chi connectivity index (χ3v) is 24.8. The Morgan fingerprint density at radius 3 is 1.24 bits per heavy atom. The van der Waals surface area contributed by atoms with E-state index < -0.39 is 23.5 Å². The van der Waals surface area contributed by atoms with Crippen molar-refractivity contribution in [1.29, 1.82) is 0 Å². The maximum absolute atomic E-state index is 12.7. The van der Waals surface area contributed by atoms with Crippen molar-refractivity contribution in [2.75, 3.05) is 0 Å². The molecule has 0 saturated carbocycles. The summed E-state index contributed by atoms with van der Waals surface area (Å²) in [5.41, 5.74) is 15.4. The zero-order valence-electron chi connectivity index (χ0n) is 54.7. The van der Waals surface area contributed by atoms with E-state index >= 15 is 0 Å². The molecule has 95 heavy (non-hydrogen) atoms. The highest BCUT2D eigenvalue weighted by Gasteiger charge is 2.33. The summed E-state index contributed by atoms with van der Waals surface area (Å²) < 4.78 is 97.1. The van der Waals surface area contributed by atoms with Gasteiger partial charge in [0, 0.05) is 53.4 Å². The molecule has 0 aliphatic carbocycles. The Morgan fingerprint density at radius 1 is 0.284 bits per heavy atom. The molecule has 8 heterocycles. The van der Waals surface area contributed by atoms with E-state index in [9.17, 15) is 30.7 Å². The van der Waals surface area contributed by atoms with Crippen LogP contribution in [0.15, 0.2) is 183 Å². The molecule has 0 unspecified atom stereocenters. The van der Waals surface area contributed by atoms with Gasteiger partial charge in [-0.3, -0.25) is 0 Å². The van der Waals surface area contributed by atoms with Crippen LogP contribution in [-0.4, -0.2) is 0 Å². The van der Waals surface area contributed by atoms with Crippen molar-refractivity contribution < 1.29 is 30.7 Å². The van der Waals surface area contributed by atoms with Gasteiger partial charge in [-0.25, -0.2) is 4.39 Å². The van der Waals surface area contributed by atoms with E-state index in [-0.39, 0.29) is 5.82 Å². The van der Waals surface area contributed by atoms with Crippen LogP contribution >= 0.6 is 102 Å². The Morgan fingerprint density at radius 2 is 0.684 bits per heavy atom. The van der Waals surface area contributed by atoms with E-state index in [0.29, 0.717) is 21.0 Å². The van der Waals surface area contributed by atoms with E-state index in [2.05, 4.69) is 169 Å². The molecular formula is C79H70ClF7S8. The molecule has 0 radical (unpaired) electrons. The van der Waals surface area contributed by atoms with Gasteiger partial charge in [0.2, 0.25) is 0 Å². The number of hydrogen-bond donors (Lipinski definition) is 0. The zero-order valence-corrected chi connectivity index (χ0v) is 62.0. The van der Waals surface area contributed by atoms with Gasteiger partial charge in [-0.2, -0.15) is 26.3 Å². The van der Waals surface area contributed by atoms with Crippen molar-refractivity contribution in [1.82, 2.24) is 0 Å². The van der Waals surface area contributed by atoms with Crippen LogP contribution in [0.1, 0.15) is 83.5 Å². The minimum absolute atomic E-state index is 0.154. The third kappa shape index (κ3) is 17.9. The normalized spacial score (nSPS) is 11.2. The molecule has 16 aromatic rings. The Kier molecular flexibility index (Phi) is 24.1. The van der Waals surface area contributed by atoms with Gasteiger partial charge < -0.3 is 0 Å². The molecule has 0 spiro atoms. The third-order valence-electron chi connectivity index (χ3n) is 15.9.